The molecule has 0 bridgehead atoms. The first-order chi connectivity index (χ1) is 17.1. The van der Waals surface area contributed by atoms with Gasteiger partial charge in [0.15, 0.2) is 0 Å². The van der Waals surface area contributed by atoms with E-state index in [4.69, 9.17) is 4.74 Å². The Balaban J connectivity index is 1.56. The van der Waals surface area contributed by atoms with Crippen LogP contribution in [0.2, 0.25) is 0 Å². The third kappa shape index (κ3) is 6.01. The van der Waals surface area contributed by atoms with Crippen LogP contribution in [0.3, 0.4) is 0 Å². The van der Waals surface area contributed by atoms with Crippen LogP contribution in [0.5, 0.6) is 5.75 Å². The van der Waals surface area contributed by atoms with E-state index in [9.17, 15) is 14.3 Å². The van der Waals surface area contributed by atoms with Crippen molar-refractivity contribution in [1.29, 1.82) is 0 Å². The van der Waals surface area contributed by atoms with Gasteiger partial charge in [-0.05, 0) is 67.5 Å². The van der Waals surface area contributed by atoms with Gasteiger partial charge in [0.25, 0.3) is 0 Å². The summed E-state index contributed by atoms with van der Waals surface area (Å²) in [5.74, 6) is -0.496. The van der Waals surface area contributed by atoms with Gasteiger partial charge >= 0.3 is 5.97 Å². The van der Waals surface area contributed by atoms with E-state index in [0.29, 0.717) is 18.8 Å². The molecular formula is C29H34FN3O3. The van der Waals surface area contributed by atoms with Crippen molar-refractivity contribution in [3.63, 3.8) is 0 Å². The lowest BCUT2D eigenvalue weighted by Gasteiger charge is -2.40. The Kier molecular flexibility index (Phi) is 7.57. The third-order valence-electron chi connectivity index (χ3n) is 7.09. The van der Waals surface area contributed by atoms with Crippen LogP contribution in [0, 0.1) is 25.1 Å². The maximum Gasteiger partial charge on any atom is 0.307 e. The minimum atomic E-state index is -0.874. The summed E-state index contributed by atoms with van der Waals surface area (Å²) in [5.41, 5.74) is 6.18. The van der Waals surface area contributed by atoms with E-state index in [1.54, 1.807) is 24.5 Å². The van der Waals surface area contributed by atoms with E-state index in [-0.39, 0.29) is 17.7 Å². The lowest BCUT2D eigenvalue weighted by atomic mass is 9.82. The van der Waals surface area contributed by atoms with Crippen LogP contribution in [0.15, 0.2) is 42.7 Å². The number of carbonyl (C=O) groups is 1. The summed E-state index contributed by atoms with van der Waals surface area (Å²) in [7, 11) is 0. The van der Waals surface area contributed by atoms with Gasteiger partial charge in [-0.15, -0.1) is 0 Å². The molecule has 4 rings (SSSR count). The van der Waals surface area contributed by atoms with E-state index < -0.39 is 5.97 Å². The Labute approximate surface area is 212 Å². The van der Waals surface area contributed by atoms with Gasteiger partial charge in [-0.25, -0.2) is 4.39 Å². The van der Waals surface area contributed by atoms with Crippen LogP contribution in [-0.4, -0.2) is 40.7 Å². The molecule has 190 valence electrons. The standard InChI is InChI=1S/C29H34FN3O3/c1-19-5-6-22(30)15-21(19)9-14-36-23-7-8-26(32-17-23)25-18-31-20(2)24(16-27(34)35)28(25)33-12-10-29(3,4)11-13-33/h5-8,15,17-18H,9-14,16H2,1-4H3,(H,34,35). The minimum Gasteiger partial charge on any atom is -0.492 e. The lowest BCUT2D eigenvalue weighted by Crippen LogP contribution is -2.38. The number of halogens is 1. The molecule has 0 spiro atoms. The molecule has 0 unspecified atom stereocenters. The minimum absolute atomic E-state index is 0.0808. The SMILES string of the molecule is Cc1ccc(F)cc1CCOc1ccc(-c2cnc(C)c(CC(=O)O)c2N2CCC(C)(C)CC2)nc1. The number of rotatable bonds is 8. The molecule has 1 saturated heterocycles. The van der Waals surface area contributed by atoms with Crippen molar-refractivity contribution in [3.05, 3.63) is 70.9 Å². The number of hydrogen-bond acceptors (Lipinski definition) is 5. The van der Waals surface area contributed by atoms with Crippen LogP contribution < -0.4 is 9.64 Å². The molecule has 1 aromatic carbocycles. The maximum atomic E-state index is 13.5. The topological polar surface area (TPSA) is 75.6 Å². The van der Waals surface area contributed by atoms with Gasteiger partial charge < -0.3 is 14.7 Å². The van der Waals surface area contributed by atoms with E-state index in [0.717, 1.165) is 65.3 Å². The number of aliphatic carboxylic acids is 1. The third-order valence-corrected chi connectivity index (χ3v) is 7.09. The molecule has 6 nitrogen and oxygen atoms in total. The van der Waals surface area contributed by atoms with Gasteiger partial charge in [-0.2, -0.15) is 0 Å². The van der Waals surface area contributed by atoms with Gasteiger partial charge in [0.1, 0.15) is 11.6 Å². The summed E-state index contributed by atoms with van der Waals surface area (Å²) in [6.07, 6.45) is 6.05. The average molecular weight is 492 g/mol. The lowest BCUT2D eigenvalue weighted by molar-refractivity contribution is -0.136. The number of piperidine rings is 1. The van der Waals surface area contributed by atoms with E-state index in [1.807, 2.05) is 26.0 Å². The van der Waals surface area contributed by atoms with Crippen molar-refractivity contribution in [2.45, 2.75) is 53.4 Å². The predicted octanol–water partition coefficient (Wildman–Crippen LogP) is 5.77. The van der Waals surface area contributed by atoms with Crippen molar-refractivity contribution in [2.75, 3.05) is 24.6 Å². The molecular weight excluding hydrogens is 457 g/mol. The first-order valence-electron chi connectivity index (χ1n) is 12.4. The zero-order valence-electron chi connectivity index (χ0n) is 21.5. The molecule has 3 heterocycles. The van der Waals surface area contributed by atoms with Gasteiger partial charge in [0.2, 0.25) is 0 Å². The Hall–Kier alpha value is -3.48. The monoisotopic (exact) mass is 491 g/mol. The highest BCUT2D eigenvalue weighted by atomic mass is 19.1. The van der Waals surface area contributed by atoms with Crippen LogP contribution in [0.25, 0.3) is 11.3 Å². The fraction of sp³-hybridized carbons (Fsp3) is 0.414. The number of aromatic nitrogens is 2. The summed E-state index contributed by atoms with van der Waals surface area (Å²) < 4.78 is 19.4. The highest BCUT2D eigenvalue weighted by molar-refractivity contribution is 5.83. The quantitative estimate of drug-likeness (QED) is 0.431. The Morgan fingerprint density at radius 2 is 1.86 bits per heavy atom. The number of carboxylic acids is 1. The normalized spacial score (nSPS) is 15.1. The summed E-state index contributed by atoms with van der Waals surface area (Å²) in [6.45, 7) is 10.5. The highest BCUT2D eigenvalue weighted by Crippen LogP contribution is 2.39. The number of hydrogen-bond donors (Lipinski definition) is 1. The second-order valence-corrected chi connectivity index (χ2v) is 10.4. The summed E-state index contributed by atoms with van der Waals surface area (Å²) >= 11 is 0. The molecule has 36 heavy (non-hydrogen) atoms. The largest absolute Gasteiger partial charge is 0.492 e. The molecule has 0 aliphatic carbocycles. The number of carboxylic acid groups (broad SMARTS) is 1. The molecule has 0 atom stereocenters. The summed E-state index contributed by atoms with van der Waals surface area (Å²) in [5, 5.41) is 9.59. The molecule has 1 aliphatic heterocycles. The molecule has 7 heteroatoms. The summed E-state index contributed by atoms with van der Waals surface area (Å²) in [4.78, 5) is 23.2. The molecule has 0 radical (unpaired) electrons. The smallest absolute Gasteiger partial charge is 0.307 e. The van der Waals surface area contributed by atoms with Gasteiger partial charge in [-0.1, -0.05) is 19.9 Å². The second kappa shape index (κ2) is 10.6. The number of anilines is 1. The fourth-order valence-corrected chi connectivity index (χ4v) is 4.69. The van der Waals surface area contributed by atoms with Gasteiger partial charge in [-0.3, -0.25) is 14.8 Å². The van der Waals surface area contributed by atoms with Crippen molar-refractivity contribution < 1.29 is 19.0 Å². The van der Waals surface area contributed by atoms with E-state index in [2.05, 4.69) is 28.7 Å². The van der Waals surface area contributed by atoms with Gasteiger partial charge in [0.05, 0.1) is 30.6 Å². The second-order valence-electron chi connectivity index (χ2n) is 10.4. The molecule has 1 N–H and O–H groups in total. The number of benzene rings is 1. The van der Waals surface area contributed by atoms with Crippen LogP contribution in [0.1, 0.15) is 49.1 Å². The number of aryl methyl sites for hydroxylation is 2. The van der Waals surface area contributed by atoms with Crippen molar-refractivity contribution >= 4 is 11.7 Å². The first-order valence-corrected chi connectivity index (χ1v) is 12.4. The zero-order chi connectivity index (χ0) is 25.9. The Bertz CT molecular complexity index is 1230. The van der Waals surface area contributed by atoms with Crippen molar-refractivity contribution in [1.82, 2.24) is 9.97 Å². The first kappa shape index (κ1) is 25.6. The van der Waals surface area contributed by atoms with Crippen LogP contribution >= 0.6 is 0 Å². The molecule has 0 saturated carbocycles. The number of nitrogens with zero attached hydrogens (tertiary/aromatic N) is 3. The summed E-state index contributed by atoms with van der Waals surface area (Å²) in [6, 6.07) is 8.53. The van der Waals surface area contributed by atoms with Crippen molar-refractivity contribution in [3.8, 4) is 17.0 Å². The number of pyridine rings is 2. The zero-order valence-corrected chi connectivity index (χ0v) is 21.5. The maximum absolute atomic E-state index is 13.5. The van der Waals surface area contributed by atoms with E-state index >= 15 is 0 Å². The molecule has 3 aromatic rings. The van der Waals surface area contributed by atoms with Crippen LogP contribution in [0.4, 0.5) is 10.1 Å². The predicted molar refractivity (Wildman–Crippen MR) is 139 cm³/mol. The Morgan fingerprint density at radius 1 is 1.11 bits per heavy atom. The molecule has 2 aromatic heterocycles. The van der Waals surface area contributed by atoms with Gasteiger partial charge in [0, 0.05) is 42.5 Å². The van der Waals surface area contributed by atoms with E-state index in [1.165, 1.54) is 6.07 Å². The number of ether oxygens (including phenoxy) is 1. The molecule has 1 fully saturated rings. The molecule has 0 amide bonds. The molecule has 1 aliphatic rings. The van der Waals surface area contributed by atoms with Crippen molar-refractivity contribution in [2.24, 2.45) is 5.41 Å². The Morgan fingerprint density at radius 3 is 2.53 bits per heavy atom. The average Bonchev–Trinajstić information content (AvgIpc) is 2.83. The van der Waals surface area contributed by atoms with Crippen LogP contribution in [-0.2, 0) is 17.6 Å². The highest BCUT2D eigenvalue weighted by Gasteiger charge is 2.29. The fourth-order valence-electron chi connectivity index (χ4n) is 4.69.